The number of halogens is 2. The molecule has 1 aromatic rings. The van der Waals surface area contributed by atoms with Gasteiger partial charge in [-0.25, -0.2) is 4.79 Å². The number of carbonyl (C=O) groups excluding carboxylic acids is 1. The van der Waals surface area contributed by atoms with Crippen molar-refractivity contribution in [3.05, 3.63) is 27.5 Å². The highest BCUT2D eigenvalue weighted by Gasteiger charge is 2.39. The molecule has 1 rings (SSSR count). The molecule has 9 heteroatoms. The molecule has 0 aliphatic heterocycles. The Kier molecular flexibility index (Phi) is 9.17. The predicted octanol–water partition coefficient (Wildman–Crippen LogP) is 5.84. The van der Waals surface area contributed by atoms with E-state index in [1.165, 1.54) is 0 Å². The number of alkyl carbamates (subject to hydrolysis) is 1. The fourth-order valence-corrected chi connectivity index (χ4v) is 4.26. The van der Waals surface area contributed by atoms with Gasteiger partial charge in [0.25, 0.3) is 0 Å². The van der Waals surface area contributed by atoms with E-state index < -0.39 is 32.2 Å². The van der Waals surface area contributed by atoms with Crippen LogP contribution in [0.1, 0.15) is 59.6 Å². The molecule has 0 saturated heterocycles. The molecule has 6 nitrogen and oxygen atoms in total. The smallest absolute Gasteiger partial charge is 0.407 e. The van der Waals surface area contributed by atoms with Crippen LogP contribution in [0, 0.1) is 0 Å². The first-order valence-electron chi connectivity index (χ1n) is 9.65. The number of pyridine rings is 1. The largest absolute Gasteiger partial charge is 0.444 e. The second-order valence-electron chi connectivity index (χ2n) is 9.66. The molecule has 0 aromatic carbocycles. The van der Waals surface area contributed by atoms with Crippen molar-refractivity contribution in [3.8, 4) is 0 Å². The van der Waals surface area contributed by atoms with E-state index in [-0.39, 0.29) is 18.0 Å². The maximum absolute atomic E-state index is 12.1. The van der Waals surface area contributed by atoms with Crippen molar-refractivity contribution < 1.29 is 19.1 Å². The van der Waals surface area contributed by atoms with Gasteiger partial charge in [0.2, 0.25) is 0 Å². The molecule has 0 aliphatic carbocycles. The Morgan fingerprint density at radius 3 is 2.38 bits per heavy atom. The summed E-state index contributed by atoms with van der Waals surface area (Å²) in [5, 5.41) is 14.0. The van der Waals surface area contributed by atoms with Gasteiger partial charge in [0.15, 0.2) is 8.32 Å². The van der Waals surface area contributed by atoms with Crippen molar-refractivity contribution in [1.82, 2.24) is 10.3 Å². The highest BCUT2D eigenvalue weighted by molar-refractivity contribution is 9.10. The Balaban J connectivity index is 2.97. The number of aromatic nitrogens is 1. The van der Waals surface area contributed by atoms with Crippen LogP contribution in [0.3, 0.4) is 0 Å². The number of nitrogens with zero attached hydrogens (tertiary/aromatic N) is 1. The monoisotopic (exact) mass is 508 g/mol. The van der Waals surface area contributed by atoms with E-state index in [9.17, 15) is 9.90 Å². The molecule has 0 radical (unpaired) electrons. The van der Waals surface area contributed by atoms with Gasteiger partial charge in [0.05, 0.1) is 21.7 Å². The van der Waals surface area contributed by atoms with Gasteiger partial charge < -0.3 is 19.6 Å². The van der Waals surface area contributed by atoms with E-state index in [0.29, 0.717) is 15.1 Å². The quantitative estimate of drug-likeness (QED) is 0.452. The Hall–Kier alpha value is -0.673. The molecule has 0 fully saturated rings. The summed E-state index contributed by atoms with van der Waals surface area (Å²) in [6.07, 6.45) is 1.57. The van der Waals surface area contributed by atoms with Crippen LogP contribution in [-0.4, -0.2) is 42.8 Å². The van der Waals surface area contributed by atoms with Gasteiger partial charge >= 0.3 is 6.09 Å². The topological polar surface area (TPSA) is 80.7 Å². The van der Waals surface area contributed by atoms with Crippen LogP contribution in [0.4, 0.5) is 4.79 Å². The summed E-state index contributed by atoms with van der Waals surface area (Å²) in [4.78, 5) is 16.2. The molecule has 1 aromatic heterocycles. The third kappa shape index (κ3) is 8.53. The first-order valence-corrected chi connectivity index (χ1v) is 13.7. The molecule has 2 atom stereocenters. The summed E-state index contributed by atoms with van der Waals surface area (Å²) >= 11 is 9.64. The van der Waals surface area contributed by atoms with Crippen LogP contribution in [0.5, 0.6) is 0 Å². The van der Waals surface area contributed by atoms with Crippen LogP contribution in [-0.2, 0) is 9.16 Å². The van der Waals surface area contributed by atoms with Gasteiger partial charge in [-0.05, 0) is 54.8 Å². The molecule has 1 amide bonds. The molecular formula is C20H34BrClN2O4Si. The van der Waals surface area contributed by atoms with Gasteiger partial charge in [0, 0.05) is 30.9 Å². The minimum absolute atomic E-state index is 0.0168. The van der Waals surface area contributed by atoms with E-state index in [2.05, 4.69) is 60.1 Å². The molecule has 29 heavy (non-hydrogen) atoms. The Labute approximate surface area is 189 Å². The van der Waals surface area contributed by atoms with Gasteiger partial charge in [0.1, 0.15) is 5.60 Å². The highest BCUT2D eigenvalue weighted by atomic mass is 79.9. The average molecular weight is 510 g/mol. The van der Waals surface area contributed by atoms with Gasteiger partial charge in [-0.3, -0.25) is 4.98 Å². The normalized spacial score (nSPS) is 15.0. The Morgan fingerprint density at radius 2 is 1.86 bits per heavy atom. The molecule has 0 bridgehead atoms. The van der Waals surface area contributed by atoms with Crippen molar-refractivity contribution in [2.45, 2.75) is 83.9 Å². The number of nitrogens with one attached hydrogen (secondary N) is 1. The third-order valence-electron chi connectivity index (χ3n) is 4.85. The Bertz CT molecular complexity index is 705. The standard InChI is InChI=1S/C20H34BrClN2O4Si/c1-19(2,3)27-18(26)24-10-13(28-29(7,8)20(4,5)6)9-16(25)14-11-23-12-15(21)17(14)22/h11-13,16,25H,9-10H2,1-8H3,(H,24,26)/t13?,16-/m1/s1. The molecule has 1 heterocycles. The first-order chi connectivity index (χ1) is 13.0. The fourth-order valence-electron chi connectivity index (χ4n) is 2.32. The number of rotatable bonds is 7. The molecular weight excluding hydrogens is 476 g/mol. The number of aliphatic hydroxyl groups excluding tert-OH is 1. The number of carbonyl (C=O) groups is 1. The summed E-state index contributed by atoms with van der Waals surface area (Å²) in [6, 6.07) is 0. The van der Waals surface area contributed by atoms with E-state index in [1.807, 2.05) is 20.8 Å². The van der Waals surface area contributed by atoms with Crippen LogP contribution in [0.15, 0.2) is 16.9 Å². The maximum Gasteiger partial charge on any atom is 0.407 e. The number of ether oxygens (including phenoxy) is 1. The molecule has 166 valence electrons. The summed E-state index contributed by atoms with van der Waals surface area (Å²) in [6.45, 7) is 16.3. The lowest BCUT2D eigenvalue weighted by molar-refractivity contribution is 0.0453. The second kappa shape index (κ2) is 10.1. The number of hydrogen-bond acceptors (Lipinski definition) is 5. The molecule has 0 aliphatic rings. The SMILES string of the molecule is CC(C)(C)OC(=O)NCC(C[C@@H](O)c1cncc(Br)c1Cl)O[Si](C)(C)C(C)(C)C. The predicted molar refractivity (Wildman–Crippen MR) is 123 cm³/mol. The molecule has 1 unspecified atom stereocenters. The van der Waals surface area contributed by atoms with Crippen LogP contribution >= 0.6 is 27.5 Å². The molecule has 0 spiro atoms. The van der Waals surface area contributed by atoms with Crippen molar-refractivity contribution in [2.24, 2.45) is 0 Å². The lowest BCUT2D eigenvalue weighted by atomic mass is 10.1. The number of hydrogen-bond donors (Lipinski definition) is 2. The lowest BCUT2D eigenvalue weighted by Gasteiger charge is -2.40. The van der Waals surface area contributed by atoms with Crippen molar-refractivity contribution in [3.63, 3.8) is 0 Å². The van der Waals surface area contributed by atoms with E-state index in [4.69, 9.17) is 20.8 Å². The van der Waals surface area contributed by atoms with E-state index in [0.717, 1.165) is 0 Å². The minimum atomic E-state index is -2.14. The highest BCUT2D eigenvalue weighted by Crippen LogP contribution is 2.39. The summed E-state index contributed by atoms with van der Waals surface area (Å²) in [5.74, 6) is 0. The maximum atomic E-state index is 12.1. The number of amides is 1. The third-order valence-corrected chi connectivity index (χ3v) is 10.6. The van der Waals surface area contributed by atoms with Gasteiger partial charge in [-0.2, -0.15) is 0 Å². The van der Waals surface area contributed by atoms with Crippen LogP contribution in [0.25, 0.3) is 0 Å². The summed E-state index contributed by atoms with van der Waals surface area (Å²) in [5.41, 5.74) is -0.0725. The first kappa shape index (κ1) is 26.4. The summed E-state index contributed by atoms with van der Waals surface area (Å²) in [7, 11) is -2.14. The minimum Gasteiger partial charge on any atom is -0.444 e. The molecule has 0 saturated carbocycles. The van der Waals surface area contributed by atoms with E-state index in [1.54, 1.807) is 12.4 Å². The van der Waals surface area contributed by atoms with Crippen LogP contribution in [0.2, 0.25) is 23.2 Å². The zero-order valence-corrected chi connectivity index (χ0v) is 21.9. The van der Waals surface area contributed by atoms with Crippen molar-refractivity contribution in [2.75, 3.05) is 6.54 Å². The zero-order chi connectivity index (χ0) is 22.6. The average Bonchev–Trinajstić information content (AvgIpc) is 2.52. The number of aliphatic hydroxyl groups is 1. The van der Waals surface area contributed by atoms with Gasteiger partial charge in [-0.1, -0.05) is 32.4 Å². The van der Waals surface area contributed by atoms with Crippen molar-refractivity contribution >= 4 is 41.9 Å². The van der Waals surface area contributed by atoms with Crippen LogP contribution < -0.4 is 5.32 Å². The lowest BCUT2D eigenvalue weighted by Crippen LogP contribution is -2.47. The Morgan fingerprint density at radius 1 is 1.28 bits per heavy atom. The van der Waals surface area contributed by atoms with Crippen molar-refractivity contribution in [1.29, 1.82) is 0 Å². The van der Waals surface area contributed by atoms with Gasteiger partial charge in [-0.15, -0.1) is 0 Å². The second-order valence-corrected chi connectivity index (χ2v) is 15.6. The molecule has 2 N–H and O–H groups in total. The fraction of sp³-hybridized carbons (Fsp3) is 0.700. The summed E-state index contributed by atoms with van der Waals surface area (Å²) < 4.78 is 12.4. The zero-order valence-electron chi connectivity index (χ0n) is 18.6. The van der Waals surface area contributed by atoms with E-state index >= 15 is 0 Å².